The van der Waals surface area contributed by atoms with E-state index in [1.165, 1.54) is 17.8 Å². The molecular formula is C22H26N2O4S2. The molecule has 1 heterocycles. The fourth-order valence-electron chi connectivity index (χ4n) is 3.19. The standard InChI is InChI=1S/C22H26N2O4S2/c1-3-19-22(26)24-18-13-17(9-10-20(18)29-19)30(27,28)12-11-21(25)23-14-15(2)16-7-5-4-6-8-16/h4-10,13,15,19H,3,11-12,14H2,1-2H3,(H,23,25)(H,24,26)/t15-,19-/m0/s1. The molecule has 8 heteroatoms. The molecule has 2 aromatic carbocycles. The summed E-state index contributed by atoms with van der Waals surface area (Å²) in [4.78, 5) is 25.2. The molecule has 2 atom stereocenters. The Morgan fingerprint density at radius 3 is 2.63 bits per heavy atom. The minimum atomic E-state index is -3.64. The van der Waals surface area contributed by atoms with Crippen LogP contribution in [-0.2, 0) is 19.4 Å². The van der Waals surface area contributed by atoms with Crippen molar-refractivity contribution in [3.05, 3.63) is 54.1 Å². The third-order valence-corrected chi connectivity index (χ3v) is 8.23. The zero-order valence-electron chi connectivity index (χ0n) is 17.1. The predicted octanol–water partition coefficient (Wildman–Crippen LogP) is 3.59. The highest BCUT2D eigenvalue weighted by Gasteiger charge is 2.27. The fraction of sp³-hybridized carbons (Fsp3) is 0.364. The third kappa shape index (κ3) is 5.43. The van der Waals surface area contributed by atoms with Crippen molar-refractivity contribution < 1.29 is 18.0 Å². The summed E-state index contributed by atoms with van der Waals surface area (Å²) in [6, 6.07) is 14.6. The monoisotopic (exact) mass is 446 g/mol. The number of nitrogens with one attached hydrogen (secondary N) is 2. The molecule has 1 aliphatic heterocycles. The molecule has 0 aromatic heterocycles. The van der Waals surface area contributed by atoms with Gasteiger partial charge in [-0.25, -0.2) is 8.42 Å². The van der Waals surface area contributed by atoms with E-state index in [2.05, 4.69) is 10.6 Å². The van der Waals surface area contributed by atoms with E-state index in [1.807, 2.05) is 44.2 Å². The lowest BCUT2D eigenvalue weighted by Crippen LogP contribution is -2.29. The van der Waals surface area contributed by atoms with Crippen molar-refractivity contribution in [3.8, 4) is 0 Å². The van der Waals surface area contributed by atoms with Gasteiger partial charge < -0.3 is 10.6 Å². The first-order valence-corrected chi connectivity index (χ1v) is 12.5. The van der Waals surface area contributed by atoms with Crippen LogP contribution in [0.15, 0.2) is 58.3 Å². The van der Waals surface area contributed by atoms with Gasteiger partial charge in [-0.15, -0.1) is 11.8 Å². The summed E-state index contributed by atoms with van der Waals surface area (Å²) in [5, 5.41) is 5.43. The number of hydrogen-bond acceptors (Lipinski definition) is 5. The highest BCUT2D eigenvalue weighted by Crippen LogP contribution is 2.38. The van der Waals surface area contributed by atoms with E-state index >= 15 is 0 Å². The highest BCUT2D eigenvalue weighted by molar-refractivity contribution is 8.01. The first-order valence-electron chi connectivity index (χ1n) is 9.96. The summed E-state index contributed by atoms with van der Waals surface area (Å²) in [6.07, 6.45) is 0.591. The van der Waals surface area contributed by atoms with E-state index in [0.29, 0.717) is 18.7 Å². The number of amides is 2. The maximum atomic E-state index is 12.7. The van der Waals surface area contributed by atoms with Gasteiger partial charge in [-0.3, -0.25) is 9.59 Å². The third-order valence-electron chi connectivity index (χ3n) is 5.07. The number of sulfone groups is 1. The Bertz CT molecular complexity index is 1020. The summed E-state index contributed by atoms with van der Waals surface area (Å²) in [7, 11) is -3.64. The lowest BCUT2D eigenvalue weighted by molar-refractivity contribution is -0.120. The number of rotatable bonds is 8. The number of benzene rings is 2. The summed E-state index contributed by atoms with van der Waals surface area (Å²) < 4.78 is 25.4. The first kappa shape index (κ1) is 22.4. The SMILES string of the molecule is CC[C@@H]1Sc2ccc(S(=O)(=O)CCC(=O)NC[C@H](C)c3ccccc3)cc2NC1=O. The molecular weight excluding hydrogens is 420 g/mol. The topological polar surface area (TPSA) is 92.3 Å². The molecule has 2 aromatic rings. The summed E-state index contributed by atoms with van der Waals surface area (Å²) in [6.45, 7) is 4.39. The van der Waals surface area contributed by atoms with Crippen LogP contribution in [0.2, 0.25) is 0 Å². The average molecular weight is 447 g/mol. The van der Waals surface area contributed by atoms with Gasteiger partial charge in [0, 0.05) is 17.9 Å². The van der Waals surface area contributed by atoms with Gasteiger partial charge in [0.1, 0.15) is 0 Å². The lowest BCUT2D eigenvalue weighted by atomic mass is 10.0. The van der Waals surface area contributed by atoms with E-state index in [0.717, 1.165) is 10.5 Å². The van der Waals surface area contributed by atoms with Crippen LogP contribution in [0.25, 0.3) is 0 Å². The number of hydrogen-bond donors (Lipinski definition) is 2. The molecule has 6 nitrogen and oxygen atoms in total. The quantitative estimate of drug-likeness (QED) is 0.646. The summed E-state index contributed by atoms with van der Waals surface area (Å²) >= 11 is 1.44. The molecule has 30 heavy (non-hydrogen) atoms. The number of fused-ring (bicyclic) bond motifs is 1. The number of anilines is 1. The lowest BCUT2D eigenvalue weighted by Gasteiger charge is -2.23. The van der Waals surface area contributed by atoms with Crippen LogP contribution in [0, 0.1) is 0 Å². The molecule has 0 saturated heterocycles. The van der Waals surface area contributed by atoms with Crippen LogP contribution in [0.3, 0.4) is 0 Å². The Labute approximate surface area is 181 Å². The zero-order valence-corrected chi connectivity index (χ0v) is 18.7. The fourth-order valence-corrected chi connectivity index (χ4v) is 5.48. The van der Waals surface area contributed by atoms with Crippen LogP contribution in [0.5, 0.6) is 0 Å². The van der Waals surface area contributed by atoms with E-state index < -0.39 is 9.84 Å². The van der Waals surface area contributed by atoms with Gasteiger partial charge in [0.25, 0.3) is 0 Å². The van der Waals surface area contributed by atoms with Crippen LogP contribution in [-0.4, -0.2) is 37.8 Å². The second kappa shape index (κ2) is 9.66. The minimum absolute atomic E-state index is 0.111. The Morgan fingerprint density at radius 1 is 1.20 bits per heavy atom. The van der Waals surface area contributed by atoms with Crippen molar-refractivity contribution >= 4 is 39.1 Å². The zero-order chi connectivity index (χ0) is 21.7. The predicted molar refractivity (Wildman–Crippen MR) is 120 cm³/mol. The number of carbonyl (C=O) groups is 2. The van der Waals surface area contributed by atoms with Gasteiger partial charge in [-0.05, 0) is 36.1 Å². The molecule has 0 spiro atoms. The van der Waals surface area contributed by atoms with Crippen molar-refractivity contribution in [2.45, 2.75) is 47.6 Å². The molecule has 0 unspecified atom stereocenters. The van der Waals surface area contributed by atoms with E-state index in [9.17, 15) is 18.0 Å². The molecule has 0 bridgehead atoms. The van der Waals surface area contributed by atoms with Crippen molar-refractivity contribution in [2.75, 3.05) is 17.6 Å². The van der Waals surface area contributed by atoms with Crippen molar-refractivity contribution in [2.24, 2.45) is 0 Å². The smallest absolute Gasteiger partial charge is 0.237 e. The summed E-state index contributed by atoms with van der Waals surface area (Å²) in [5.41, 5.74) is 1.63. The highest BCUT2D eigenvalue weighted by atomic mass is 32.2. The second-order valence-corrected chi connectivity index (χ2v) is 10.7. The molecule has 3 rings (SSSR count). The molecule has 0 aliphatic carbocycles. The van der Waals surface area contributed by atoms with Gasteiger partial charge in [-0.2, -0.15) is 0 Å². The number of carbonyl (C=O) groups excluding carboxylic acids is 2. The van der Waals surface area contributed by atoms with Crippen LogP contribution in [0.1, 0.15) is 38.2 Å². The number of thioether (sulfide) groups is 1. The van der Waals surface area contributed by atoms with Crippen LogP contribution < -0.4 is 10.6 Å². The van der Waals surface area contributed by atoms with Gasteiger partial charge in [0.15, 0.2) is 9.84 Å². The Kier molecular flexibility index (Phi) is 7.20. The van der Waals surface area contributed by atoms with Gasteiger partial charge in [-0.1, -0.05) is 44.2 Å². The Morgan fingerprint density at radius 2 is 1.93 bits per heavy atom. The van der Waals surface area contributed by atoms with Crippen molar-refractivity contribution in [3.63, 3.8) is 0 Å². The van der Waals surface area contributed by atoms with Crippen molar-refractivity contribution in [1.82, 2.24) is 5.32 Å². The summed E-state index contributed by atoms with van der Waals surface area (Å²) in [5.74, 6) is -0.554. The molecule has 0 saturated carbocycles. The molecule has 2 amide bonds. The molecule has 1 aliphatic rings. The maximum absolute atomic E-state index is 12.7. The van der Waals surface area contributed by atoms with E-state index in [4.69, 9.17) is 0 Å². The molecule has 2 N–H and O–H groups in total. The first-order chi connectivity index (χ1) is 14.3. The Balaban J connectivity index is 1.57. The average Bonchev–Trinajstić information content (AvgIpc) is 2.75. The molecule has 160 valence electrons. The van der Waals surface area contributed by atoms with Crippen LogP contribution >= 0.6 is 11.8 Å². The van der Waals surface area contributed by atoms with Gasteiger partial charge in [0.05, 0.1) is 21.6 Å². The van der Waals surface area contributed by atoms with Gasteiger partial charge in [0.2, 0.25) is 11.8 Å². The molecule has 0 fully saturated rings. The Hall–Kier alpha value is -2.32. The van der Waals surface area contributed by atoms with Crippen LogP contribution in [0.4, 0.5) is 5.69 Å². The second-order valence-electron chi connectivity index (χ2n) is 7.35. The minimum Gasteiger partial charge on any atom is -0.355 e. The maximum Gasteiger partial charge on any atom is 0.237 e. The van der Waals surface area contributed by atoms with E-state index in [-0.39, 0.29) is 40.1 Å². The normalized spacial score (nSPS) is 17.0. The van der Waals surface area contributed by atoms with E-state index in [1.54, 1.807) is 12.1 Å². The molecule has 0 radical (unpaired) electrons. The van der Waals surface area contributed by atoms with Crippen molar-refractivity contribution in [1.29, 1.82) is 0 Å². The van der Waals surface area contributed by atoms with Gasteiger partial charge >= 0.3 is 0 Å². The largest absolute Gasteiger partial charge is 0.355 e.